The topological polar surface area (TPSA) is 195 Å². The van der Waals surface area contributed by atoms with Gasteiger partial charge in [-0.25, -0.2) is 23.2 Å². The molecule has 2 aliphatic heterocycles. The fraction of sp³-hybridized carbons (Fsp3) is 0.641. The molecule has 0 spiro atoms. The highest BCUT2D eigenvalue weighted by molar-refractivity contribution is 14.1. The van der Waals surface area contributed by atoms with Crippen molar-refractivity contribution in [3.05, 3.63) is 36.0 Å². The predicted molar refractivity (Wildman–Crippen MR) is 217 cm³/mol. The molecule has 2 aliphatic carbocycles. The van der Waals surface area contributed by atoms with Gasteiger partial charge in [0.05, 0.1) is 33.4 Å². The largest absolute Gasteiger partial charge is 0.497 e. The van der Waals surface area contributed by atoms with E-state index < -0.39 is 72.3 Å². The average molecular weight is 909 g/mol. The molecule has 3 N–H and O–H groups in total. The van der Waals surface area contributed by atoms with Crippen molar-refractivity contribution in [2.45, 2.75) is 143 Å². The third-order valence-corrected chi connectivity index (χ3v) is 14.9. The number of aromatic nitrogens is 2. The molecule has 1 unspecified atom stereocenters. The normalized spacial score (nSPS) is 27.2. The number of carbonyl (C=O) groups excluding carboxylic acids is 4. The van der Waals surface area contributed by atoms with Gasteiger partial charge in [0, 0.05) is 12.5 Å². The van der Waals surface area contributed by atoms with E-state index in [0.29, 0.717) is 61.0 Å². The quantitative estimate of drug-likeness (QED) is 0.176. The van der Waals surface area contributed by atoms with Crippen molar-refractivity contribution >= 4 is 67.5 Å². The van der Waals surface area contributed by atoms with Crippen molar-refractivity contribution in [1.29, 1.82) is 0 Å². The number of rotatable bonds is 9. The fourth-order valence-electron chi connectivity index (χ4n) is 7.68. The molecule has 3 fully saturated rings. The number of methoxy groups -OCH3 is 1. The summed E-state index contributed by atoms with van der Waals surface area (Å²) in [6, 6.07) is 1.90. The monoisotopic (exact) mass is 908 g/mol. The van der Waals surface area contributed by atoms with Gasteiger partial charge in [-0.1, -0.05) is 54.5 Å². The second kappa shape index (κ2) is 17.4. The summed E-state index contributed by atoms with van der Waals surface area (Å²) in [5, 5.41) is 5.65. The number of nitrogens with zero attached hydrogens (tertiary/aromatic N) is 3. The number of carbonyl (C=O) groups is 4. The number of alkyl carbamates (subject to hydrolysis) is 1. The van der Waals surface area contributed by atoms with Crippen molar-refractivity contribution in [1.82, 2.24) is 30.2 Å². The molecule has 56 heavy (non-hydrogen) atoms. The minimum Gasteiger partial charge on any atom is -0.497 e. The Morgan fingerprint density at radius 3 is 2.50 bits per heavy atom. The zero-order chi connectivity index (χ0) is 40.3. The number of fused-ring (bicyclic) bond motifs is 2. The van der Waals surface area contributed by atoms with Crippen LogP contribution in [0.2, 0.25) is 0 Å². The van der Waals surface area contributed by atoms with Gasteiger partial charge in [-0.3, -0.25) is 19.1 Å². The lowest BCUT2D eigenvalue weighted by molar-refractivity contribution is -0.141. The predicted octanol–water partition coefficient (Wildman–Crippen LogP) is 4.92. The van der Waals surface area contributed by atoms with Gasteiger partial charge in [0.25, 0.3) is 5.91 Å². The number of alkyl halides is 1. The van der Waals surface area contributed by atoms with Crippen LogP contribution < -0.4 is 24.8 Å². The molecule has 5 atom stereocenters. The Morgan fingerprint density at radius 1 is 1.05 bits per heavy atom. The van der Waals surface area contributed by atoms with Crippen molar-refractivity contribution < 1.29 is 41.8 Å². The number of benzene rings is 1. The molecule has 6 rings (SSSR count). The van der Waals surface area contributed by atoms with Gasteiger partial charge >= 0.3 is 6.09 Å². The van der Waals surface area contributed by atoms with Crippen molar-refractivity contribution in [3.8, 4) is 11.6 Å². The molecule has 1 aromatic carbocycles. The first-order chi connectivity index (χ1) is 26.7. The van der Waals surface area contributed by atoms with E-state index in [2.05, 4.69) is 25.3 Å². The van der Waals surface area contributed by atoms with Crippen LogP contribution in [-0.2, 0) is 29.1 Å². The SMILES string of the molecule is CCC1(OC(=O)N[C@H]2CCCCC/C=C\[C@H](I)C(C(=O)NS(=O)(=O)C3(C)CC3)NC(=O)[C@@H]3C[C@@H](Oc4nc5cc(OC)ccc5nc4C)CN3C2=O)CCCC1. The average Bonchev–Trinajstić information content (AvgIpc) is 3.55. The third kappa shape index (κ3) is 9.51. The number of allylic oxidation sites excluding steroid dienone is 1. The lowest BCUT2D eigenvalue weighted by Crippen LogP contribution is -2.58. The van der Waals surface area contributed by atoms with Gasteiger partial charge in [-0.15, -0.1) is 0 Å². The van der Waals surface area contributed by atoms with E-state index in [-0.39, 0.29) is 18.8 Å². The van der Waals surface area contributed by atoms with Crippen molar-refractivity contribution in [2.75, 3.05) is 13.7 Å². The Kier molecular flexibility index (Phi) is 13.0. The minimum atomic E-state index is -4.01. The minimum absolute atomic E-state index is 0.0252. The fourth-order valence-corrected chi connectivity index (χ4v) is 9.76. The summed E-state index contributed by atoms with van der Waals surface area (Å²) in [6.07, 6.45) is 10.4. The summed E-state index contributed by atoms with van der Waals surface area (Å²) in [7, 11) is -2.45. The van der Waals surface area contributed by atoms with E-state index in [1.807, 2.05) is 35.6 Å². The first-order valence-electron chi connectivity index (χ1n) is 19.6. The Bertz CT molecular complexity index is 1950. The highest BCUT2D eigenvalue weighted by Gasteiger charge is 2.52. The summed E-state index contributed by atoms with van der Waals surface area (Å²) in [6.45, 7) is 5.29. The van der Waals surface area contributed by atoms with Gasteiger partial charge in [-0.2, -0.15) is 0 Å². The first kappa shape index (κ1) is 41.9. The molecule has 2 saturated carbocycles. The highest BCUT2D eigenvalue weighted by atomic mass is 127. The number of amides is 4. The van der Waals surface area contributed by atoms with Crippen LogP contribution in [0, 0.1) is 6.92 Å². The molecule has 0 bridgehead atoms. The molecule has 2 aromatic rings. The highest BCUT2D eigenvalue weighted by Crippen LogP contribution is 2.42. The van der Waals surface area contributed by atoms with Crippen LogP contribution >= 0.6 is 22.6 Å². The lowest BCUT2D eigenvalue weighted by atomic mass is 9.99. The Hall–Kier alpha value is -3.74. The van der Waals surface area contributed by atoms with Gasteiger partial charge in [-0.05, 0) is 90.2 Å². The maximum absolute atomic E-state index is 14.6. The summed E-state index contributed by atoms with van der Waals surface area (Å²) < 4.78 is 44.5. The molecule has 4 amide bonds. The second-order valence-electron chi connectivity index (χ2n) is 15.7. The van der Waals surface area contributed by atoms with E-state index in [4.69, 9.17) is 14.2 Å². The van der Waals surface area contributed by atoms with Crippen LogP contribution in [0.4, 0.5) is 4.79 Å². The van der Waals surface area contributed by atoms with Crippen LogP contribution in [0.15, 0.2) is 30.4 Å². The number of aryl methyl sites for hydroxylation is 1. The Balaban J connectivity index is 1.30. The van der Waals surface area contributed by atoms with Crippen LogP contribution in [0.1, 0.15) is 103 Å². The lowest BCUT2D eigenvalue weighted by Gasteiger charge is -2.32. The summed E-state index contributed by atoms with van der Waals surface area (Å²) in [5.41, 5.74) is 1.10. The molecular formula is C39H53IN6O9S. The summed E-state index contributed by atoms with van der Waals surface area (Å²) in [4.78, 5) is 66.9. The Morgan fingerprint density at radius 2 is 1.80 bits per heavy atom. The van der Waals surface area contributed by atoms with Gasteiger partial charge in [0.2, 0.25) is 27.7 Å². The third-order valence-electron chi connectivity index (χ3n) is 11.6. The number of nitrogens with one attached hydrogen (secondary N) is 3. The molecule has 306 valence electrons. The molecule has 15 nitrogen and oxygen atoms in total. The van der Waals surface area contributed by atoms with E-state index in [1.165, 1.54) is 4.90 Å². The van der Waals surface area contributed by atoms with Crippen molar-refractivity contribution in [3.63, 3.8) is 0 Å². The van der Waals surface area contributed by atoms with Gasteiger partial charge in [0.15, 0.2) is 0 Å². The Labute approximate surface area is 342 Å². The van der Waals surface area contributed by atoms with E-state index in [9.17, 15) is 27.6 Å². The number of halogens is 1. The van der Waals surface area contributed by atoms with E-state index in [1.54, 1.807) is 45.2 Å². The summed E-state index contributed by atoms with van der Waals surface area (Å²) >= 11 is 2.02. The maximum atomic E-state index is 14.6. The van der Waals surface area contributed by atoms with E-state index >= 15 is 0 Å². The molecule has 0 radical (unpaired) electrons. The first-order valence-corrected chi connectivity index (χ1v) is 22.4. The number of hydrogen-bond acceptors (Lipinski definition) is 11. The zero-order valence-electron chi connectivity index (χ0n) is 32.5. The second-order valence-corrected chi connectivity index (χ2v) is 19.3. The maximum Gasteiger partial charge on any atom is 0.408 e. The van der Waals surface area contributed by atoms with Crippen molar-refractivity contribution in [2.24, 2.45) is 0 Å². The number of ether oxygens (including phenoxy) is 3. The summed E-state index contributed by atoms with van der Waals surface area (Å²) in [5.74, 6) is -1.19. The molecule has 4 aliphatic rings. The molecular weight excluding hydrogens is 855 g/mol. The zero-order valence-corrected chi connectivity index (χ0v) is 35.4. The standard InChI is InChI=1S/C39H53IN6O9S/c1-5-39(17-11-12-18-39)55-37(50)43-29-14-10-8-6-7-9-13-27(40)32(34(48)45-56(51,52)38(3)19-20-38)44-33(47)31-22-26(23-46(31)36(29)49)54-35-24(2)41-28-16-15-25(53-4)21-30(28)42-35/h9,13,15-16,21,26-27,29,31-32H,5-8,10-12,14,17-20,22-23H2,1-4H3,(H,43,50)(H,44,47)(H,45,48)/b13-9-/t26-,27+,29+,31+,32?/m1/s1. The number of hydrogen-bond donors (Lipinski definition) is 3. The number of sulfonamides is 1. The molecule has 1 aromatic heterocycles. The molecule has 17 heteroatoms. The van der Waals surface area contributed by atoms with Crippen LogP contribution in [0.3, 0.4) is 0 Å². The van der Waals surface area contributed by atoms with Gasteiger partial charge in [0.1, 0.15) is 41.3 Å². The molecule has 3 heterocycles. The molecule has 1 saturated heterocycles. The van der Waals surface area contributed by atoms with Crippen LogP contribution in [-0.4, -0.2) is 99.3 Å². The van der Waals surface area contributed by atoms with E-state index in [0.717, 1.165) is 38.5 Å². The smallest absolute Gasteiger partial charge is 0.408 e. The van der Waals surface area contributed by atoms with Crippen LogP contribution in [0.5, 0.6) is 11.6 Å². The van der Waals surface area contributed by atoms with Gasteiger partial charge < -0.3 is 29.7 Å². The van der Waals surface area contributed by atoms with Crippen LogP contribution in [0.25, 0.3) is 11.0 Å².